The van der Waals surface area contributed by atoms with Crippen molar-refractivity contribution in [2.24, 2.45) is 0 Å². The number of hydrogen-bond acceptors (Lipinski definition) is 2. The van der Waals surface area contributed by atoms with Gasteiger partial charge in [-0.3, -0.25) is 4.79 Å². The SMILES string of the molecule is C[C@H]1CN(C(=O)c2cccc(Cl)c2Br)CCN1. The number of amides is 1. The molecule has 1 N–H and O–H groups in total. The molecule has 92 valence electrons. The number of halogens is 2. The zero-order valence-corrected chi connectivity index (χ0v) is 11.9. The van der Waals surface area contributed by atoms with Gasteiger partial charge in [-0.15, -0.1) is 0 Å². The quantitative estimate of drug-likeness (QED) is 0.863. The van der Waals surface area contributed by atoms with Gasteiger partial charge in [-0.1, -0.05) is 17.7 Å². The van der Waals surface area contributed by atoms with Crippen molar-refractivity contribution in [3.63, 3.8) is 0 Å². The van der Waals surface area contributed by atoms with Crippen LogP contribution in [0.2, 0.25) is 5.02 Å². The average Bonchev–Trinajstić information content (AvgIpc) is 2.32. The van der Waals surface area contributed by atoms with Crippen LogP contribution in [0.1, 0.15) is 17.3 Å². The molecule has 5 heteroatoms. The van der Waals surface area contributed by atoms with E-state index in [9.17, 15) is 4.79 Å². The maximum atomic E-state index is 12.3. The molecule has 2 rings (SSSR count). The number of carbonyl (C=O) groups excluding carboxylic acids is 1. The predicted molar refractivity (Wildman–Crippen MR) is 72.5 cm³/mol. The second-order valence-electron chi connectivity index (χ2n) is 4.21. The lowest BCUT2D eigenvalue weighted by atomic mass is 10.1. The molecule has 17 heavy (non-hydrogen) atoms. The third kappa shape index (κ3) is 2.81. The Kier molecular flexibility index (Phi) is 4.07. The van der Waals surface area contributed by atoms with Crippen LogP contribution >= 0.6 is 27.5 Å². The molecule has 0 aromatic heterocycles. The van der Waals surface area contributed by atoms with E-state index in [1.807, 2.05) is 4.90 Å². The van der Waals surface area contributed by atoms with Crippen molar-refractivity contribution in [3.05, 3.63) is 33.3 Å². The summed E-state index contributed by atoms with van der Waals surface area (Å²) in [6, 6.07) is 5.70. The summed E-state index contributed by atoms with van der Waals surface area (Å²) < 4.78 is 0.679. The van der Waals surface area contributed by atoms with E-state index in [0.717, 1.165) is 19.6 Å². The minimum atomic E-state index is 0.0349. The molecular weight excluding hydrogens is 304 g/mol. The van der Waals surface area contributed by atoms with Crippen molar-refractivity contribution < 1.29 is 4.79 Å². The summed E-state index contributed by atoms with van der Waals surface area (Å²) in [5, 5.41) is 3.88. The largest absolute Gasteiger partial charge is 0.336 e. The summed E-state index contributed by atoms with van der Waals surface area (Å²) in [5.74, 6) is 0.0349. The Balaban J connectivity index is 2.22. The van der Waals surface area contributed by atoms with Crippen molar-refractivity contribution in [2.75, 3.05) is 19.6 Å². The molecule has 1 saturated heterocycles. The smallest absolute Gasteiger partial charge is 0.255 e. The number of hydrogen-bond donors (Lipinski definition) is 1. The van der Waals surface area contributed by atoms with Gasteiger partial charge in [0.25, 0.3) is 5.91 Å². The van der Waals surface area contributed by atoms with Gasteiger partial charge in [0.15, 0.2) is 0 Å². The highest BCUT2D eigenvalue weighted by Crippen LogP contribution is 2.27. The Bertz CT molecular complexity index is 439. The predicted octanol–water partition coefficient (Wildman–Crippen LogP) is 2.54. The molecule has 0 spiro atoms. The van der Waals surface area contributed by atoms with E-state index in [2.05, 4.69) is 28.2 Å². The molecule has 1 heterocycles. The lowest BCUT2D eigenvalue weighted by Crippen LogP contribution is -2.51. The lowest BCUT2D eigenvalue weighted by Gasteiger charge is -2.32. The Morgan fingerprint density at radius 1 is 1.59 bits per heavy atom. The van der Waals surface area contributed by atoms with Gasteiger partial charge in [0.05, 0.1) is 10.6 Å². The van der Waals surface area contributed by atoms with Gasteiger partial charge in [0.2, 0.25) is 0 Å². The number of benzene rings is 1. The van der Waals surface area contributed by atoms with Gasteiger partial charge in [-0.05, 0) is 35.0 Å². The van der Waals surface area contributed by atoms with E-state index < -0.39 is 0 Å². The number of nitrogens with one attached hydrogen (secondary N) is 1. The maximum Gasteiger partial charge on any atom is 0.255 e. The van der Waals surface area contributed by atoms with Crippen LogP contribution in [0.5, 0.6) is 0 Å². The first-order valence-electron chi connectivity index (χ1n) is 5.56. The Hall–Kier alpha value is -0.580. The van der Waals surface area contributed by atoms with E-state index in [1.165, 1.54) is 0 Å². The highest BCUT2D eigenvalue weighted by Gasteiger charge is 2.23. The molecule has 1 atom stereocenters. The molecule has 0 bridgehead atoms. The highest BCUT2D eigenvalue weighted by molar-refractivity contribution is 9.10. The first-order valence-corrected chi connectivity index (χ1v) is 6.73. The van der Waals surface area contributed by atoms with E-state index in [4.69, 9.17) is 11.6 Å². The van der Waals surface area contributed by atoms with Crippen LogP contribution in [0.25, 0.3) is 0 Å². The van der Waals surface area contributed by atoms with Crippen LogP contribution < -0.4 is 5.32 Å². The molecule has 3 nitrogen and oxygen atoms in total. The van der Waals surface area contributed by atoms with Crippen molar-refractivity contribution in [2.45, 2.75) is 13.0 Å². The minimum absolute atomic E-state index is 0.0349. The molecule has 1 aromatic carbocycles. The molecule has 1 aliphatic rings. The summed E-state index contributed by atoms with van der Waals surface area (Å²) in [7, 11) is 0. The van der Waals surface area contributed by atoms with E-state index in [0.29, 0.717) is 21.1 Å². The molecule has 0 saturated carbocycles. The lowest BCUT2D eigenvalue weighted by molar-refractivity contribution is 0.0708. The zero-order chi connectivity index (χ0) is 12.4. The molecule has 1 amide bonds. The molecule has 1 aromatic rings. The van der Waals surface area contributed by atoms with Crippen molar-refractivity contribution in [3.8, 4) is 0 Å². The average molecular weight is 318 g/mol. The maximum absolute atomic E-state index is 12.3. The van der Waals surface area contributed by atoms with Crippen LogP contribution in [0.4, 0.5) is 0 Å². The van der Waals surface area contributed by atoms with Crippen LogP contribution in [0.3, 0.4) is 0 Å². The molecule has 0 radical (unpaired) electrons. The zero-order valence-electron chi connectivity index (χ0n) is 9.54. The topological polar surface area (TPSA) is 32.3 Å². The molecular formula is C12H14BrClN2O. The fraction of sp³-hybridized carbons (Fsp3) is 0.417. The van der Waals surface area contributed by atoms with Crippen molar-refractivity contribution in [1.29, 1.82) is 0 Å². The molecule has 0 unspecified atom stereocenters. The Labute approximate surface area is 114 Å². The van der Waals surface area contributed by atoms with Gasteiger partial charge in [-0.25, -0.2) is 0 Å². The molecule has 0 aliphatic carbocycles. The normalized spacial score (nSPS) is 20.4. The van der Waals surface area contributed by atoms with Gasteiger partial charge in [0.1, 0.15) is 0 Å². The standard InChI is InChI=1S/C12H14BrClN2O/c1-8-7-16(6-5-15-8)12(17)9-3-2-4-10(14)11(9)13/h2-4,8,15H,5-7H2,1H3/t8-/m0/s1. The third-order valence-corrected chi connectivity index (χ3v) is 4.24. The summed E-state index contributed by atoms with van der Waals surface area (Å²) in [5.41, 5.74) is 0.631. The fourth-order valence-corrected chi connectivity index (χ4v) is 2.56. The van der Waals surface area contributed by atoms with Crippen LogP contribution in [-0.2, 0) is 0 Å². The summed E-state index contributed by atoms with van der Waals surface area (Å²) in [4.78, 5) is 14.2. The highest BCUT2D eigenvalue weighted by atomic mass is 79.9. The van der Waals surface area contributed by atoms with Gasteiger partial charge >= 0.3 is 0 Å². The summed E-state index contributed by atoms with van der Waals surface area (Å²) >= 11 is 9.36. The Morgan fingerprint density at radius 3 is 3.06 bits per heavy atom. The fourth-order valence-electron chi connectivity index (χ4n) is 1.96. The summed E-state index contributed by atoms with van der Waals surface area (Å²) in [6.07, 6.45) is 0. The number of rotatable bonds is 1. The Morgan fingerprint density at radius 2 is 2.35 bits per heavy atom. The molecule has 1 aliphatic heterocycles. The first kappa shape index (κ1) is 12.9. The summed E-state index contributed by atoms with van der Waals surface area (Å²) in [6.45, 7) is 4.39. The van der Waals surface area contributed by atoms with Crippen LogP contribution in [-0.4, -0.2) is 36.5 Å². The second kappa shape index (κ2) is 5.38. The monoisotopic (exact) mass is 316 g/mol. The van der Waals surface area contributed by atoms with Gasteiger partial charge in [-0.2, -0.15) is 0 Å². The number of nitrogens with zero attached hydrogens (tertiary/aromatic N) is 1. The van der Waals surface area contributed by atoms with Crippen LogP contribution in [0, 0.1) is 0 Å². The van der Waals surface area contributed by atoms with Gasteiger partial charge in [0, 0.05) is 30.1 Å². The van der Waals surface area contributed by atoms with Crippen molar-refractivity contribution in [1.82, 2.24) is 10.2 Å². The van der Waals surface area contributed by atoms with E-state index >= 15 is 0 Å². The van der Waals surface area contributed by atoms with E-state index in [1.54, 1.807) is 18.2 Å². The first-order chi connectivity index (χ1) is 8.09. The number of piperazine rings is 1. The third-order valence-electron chi connectivity index (χ3n) is 2.84. The molecule has 1 fully saturated rings. The second-order valence-corrected chi connectivity index (χ2v) is 5.41. The van der Waals surface area contributed by atoms with E-state index in [-0.39, 0.29) is 5.91 Å². The number of carbonyl (C=O) groups is 1. The minimum Gasteiger partial charge on any atom is -0.336 e. The van der Waals surface area contributed by atoms with Crippen molar-refractivity contribution >= 4 is 33.4 Å². The van der Waals surface area contributed by atoms with Gasteiger partial charge < -0.3 is 10.2 Å². The van der Waals surface area contributed by atoms with Crippen LogP contribution in [0.15, 0.2) is 22.7 Å².